The lowest BCUT2D eigenvalue weighted by Crippen LogP contribution is -2.44. The van der Waals surface area contributed by atoms with Gasteiger partial charge in [-0.25, -0.2) is 4.98 Å². The molecule has 7 heteroatoms. The van der Waals surface area contributed by atoms with Crippen molar-refractivity contribution < 1.29 is 13.9 Å². The Morgan fingerprint density at radius 3 is 3.00 bits per heavy atom. The predicted molar refractivity (Wildman–Crippen MR) is 79.1 cm³/mol. The van der Waals surface area contributed by atoms with Crippen molar-refractivity contribution in [2.75, 3.05) is 26.3 Å². The molecule has 0 aliphatic carbocycles. The molecule has 0 spiro atoms. The lowest BCUT2D eigenvalue weighted by molar-refractivity contribution is -0.134. The third-order valence-electron chi connectivity index (χ3n) is 3.36. The molecule has 0 bridgehead atoms. The first-order valence-corrected chi connectivity index (χ1v) is 7.90. The minimum Gasteiger partial charge on any atom is -0.430 e. The van der Waals surface area contributed by atoms with Gasteiger partial charge in [0.25, 0.3) is 5.22 Å². The Balaban J connectivity index is 1.72. The number of thioether (sulfide) groups is 1. The summed E-state index contributed by atoms with van der Waals surface area (Å²) in [5, 5.41) is 0.313. The molecule has 1 atom stereocenters. The summed E-state index contributed by atoms with van der Waals surface area (Å²) in [5.74, 6) is 0.126. The zero-order valence-corrected chi connectivity index (χ0v) is 12.6. The van der Waals surface area contributed by atoms with E-state index in [0.29, 0.717) is 42.8 Å². The number of morpholine rings is 1. The van der Waals surface area contributed by atoms with Gasteiger partial charge in [0.15, 0.2) is 11.2 Å². The van der Waals surface area contributed by atoms with Crippen LogP contribution in [0.25, 0.3) is 11.2 Å². The largest absolute Gasteiger partial charge is 0.430 e. The molecule has 0 N–H and O–H groups in total. The average Bonchev–Trinajstić information content (AvgIpc) is 2.95. The fourth-order valence-electron chi connectivity index (χ4n) is 2.22. The molecule has 21 heavy (non-hydrogen) atoms. The zero-order valence-electron chi connectivity index (χ0n) is 11.8. The van der Waals surface area contributed by atoms with Crippen molar-refractivity contribution in [1.82, 2.24) is 14.9 Å². The molecule has 1 amide bonds. The molecular formula is C14H17N3O3S. The fourth-order valence-corrected chi connectivity index (χ4v) is 3.15. The molecule has 3 rings (SSSR count). The molecule has 0 saturated carbocycles. The maximum atomic E-state index is 12.5. The number of fused-ring (bicyclic) bond motifs is 1. The molecule has 2 aromatic rings. The molecule has 1 saturated heterocycles. The van der Waals surface area contributed by atoms with Crippen molar-refractivity contribution in [1.29, 1.82) is 0 Å². The smallest absolute Gasteiger partial charge is 0.259 e. The number of nitrogens with zero attached hydrogens (tertiary/aromatic N) is 3. The Bertz CT molecular complexity index is 592. The van der Waals surface area contributed by atoms with E-state index in [-0.39, 0.29) is 11.2 Å². The first-order valence-electron chi connectivity index (χ1n) is 7.02. The van der Waals surface area contributed by atoms with Crippen molar-refractivity contribution in [2.45, 2.75) is 23.8 Å². The summed E-state index contributed by atoms with van der Waals surface area (Å²) < 4.78 is 10.9. The third-order valence-corrected chi connectivity index (χ3v) is 4.55. The summed E-state index contributed by atoms with van der Waals surface area (Å²) in [7, 11) is 0. The van der Waals surface area contributed by atoms with E-state index < -0.39 is 0 Å². The Hall–Kier alpha value is -1.60. The Labute approximate surface area is 126 Å². The SMILES string of the molecule is CC[C@H](Sc1nc2ncccc2o1)C(=O)N1CCOCC1. The van der Waals surface area contributed by atoms with Crippen LogP contribution in [0.2, 0.25) is 0 Å². The third kappa shape index (κ3) is 3.19. The van der Waals surface area contributed by atoms with Gasteiger partial charge in [-0.3, -0.25) is 4.79 Å². The van der Waals surface area contributed by atoms with E-state index in [1.54, 1.807) is 12.3 Å². The molecule has 0 aromatic carbocycles. The summed E-state index contributed by atoms with van der Waals surface area (Å²) >= 11 is 1.37. The van der Waals surface area contributed by atoms with E-state index in [9.17, 15) is 4.79 Å². The monoisotopic (exact) mass is 307 g/mol. The number of hydrogen-bond donors (Lipinski definition) is 0. The summed E-state index contributed by atoms with van der Waals surface area (Å²) in [6, 6.07) is 3.63. The summed E-state index contributed by atoms with van der Waals surface area (Å²) in [5.41, 5.74) is 1.22. The molecule has 1 aliphatic heterocycles. The quantitative estimate of drug-likeness (QED) is 0.804. The van der Waals surface area contributed by atoms with Crippen LogP contribution in [0.1, 0.15) is 13.3 Å². The predicted octanol–water partition coefficient (Wildman–Crippen LogP) is 1.95. The molecule has 6 nitrogen and oxygen atoms in total. The minimum absolute atomic E-state index is 0.126. The maximum Gasteiger partial charge on any atom is 0.259 e. The van der Waals surface area contributed by atoms with Crippen LogP contribution < -0.4 is 0 Å². The van der Waals surface area contributed by atoms with Crippen molar-refractivity contribution in [3.8, 4) is 0 Å². The molecule has 2 aromatic heterocycles. The second-order valence-corrected chi connectivity index (χ2v) is 5.91. The van der Waals surface area contributed by atoms with Gasteiger partial charge in [0.1, 0.15) is 0 Å². The number of carbonyl (C=O) groups is 1. The van der Waals surface area contributed by atoms with E-state index in [1.807, 2.05) is 17.9 Å². The molecular weight excluding hydrogens is 290 g/mol. The highest BCUT2D eigenvalue weighted by atomic mass is 32.2. The average molecular weight is 307 g/mol. The lowest BCUT2D eigenvalue weighted by Gasteiger charge is -2.29. The number of amides is 1. The van der Waals surface area contributed by atoms with Gasteiger partial charge < -0.3 is 14.1 Å². The Morgan fingerprint density at radius 2 is 2.29 bits per heavy atom. The lowest BCUT2D eigenvalue weighted by atomic mass is 10.2. The fraction of sp³-hybridized carbons (Fsp3) is 0.500. The van der Waals surface area contributed by atoms with Crippen molar-refractivity contribution >= 4 is 28.9 Å². The normalized spacial score (nSPS) is 17.1. The highest BCUT2D eigenvalue weighted by molar-refractivity contribution is 8.00. The first-order chi connectivity index (χ1) is 10.3. The van der Waals surface area contributed by atoms with Gasteiger partial charge in [-0.15, -0.1) is 0 Å². The zero-order chi connectivity index (χ0) is 14.7. The van der Waals surface area contributed by atoms with Gasteiger partial charge in [0.05, 0.1) is 18.5 Å². The number of carbonyl (C=O) groups excluding carboxylic acids is 1. The van der Waals surface area contributed by atoms with Gasteiger partial charge in [-0.1, -0.05) is 18.7 Å². The van der Waals surface area contributed by atoms with Crippen LogP contribution in [0.5, 0.6) is 0 Å². The Kier molecular flexibility index (Phi) is 4.40. The van der Waals surface area contributed by atoms with Crippen LogP contribution in [0.3, 0.4) is 0 Å². The molecule has 0 radical (unpaired) electrons. The summed E-state index contributed by atoms with van der Waals surface area (Å²) in [6.07, 6.45) is 2.41. The second-order valence-electron chi connectivity index (χ2n) is 4.76. The summed E-state index contributed by atoms with van der Waals surface area (Å²) in [4.78, 5) is 22.8. The van der Waals surface area contributed by atoms with Crippen LogP contribution in [0.15, 0.2) is 28.0 Å². The minimum atomic E-state index is -0.184. The molecule has 1 fully saturated rings. The van der Waals surface area contributed by atoms with Gasteiger partial charge in [0, 0.05) is 19.3 Å². The summed E-state index contributed by atoms with van der Waals surface area (Å²) in [6.45, 7) is 4.53. The standard InChI is InChI=1S/C14H17N3O3S/c1-2-11(13(18)17-6-8-19-9-7-17)21-14-16-12-10(20-14)4-3-5-15-12/h3-5,11H,2,6-9H2,1H3/t11-/m0/s1. The maximum absolute atomic E-state index is 12.5. The van der Waals surface area contributed by atoms with Gasteiger partial charge in [-0.05, 0) is 18.6 Å². The van der Waals surface area contributed by atoms with Gasteiger partial charge in [-0.2, -0.15) is 4.98 Å². The number of hydrogen-bond acceptors (Lipinski definition) is 6. The van der Waals surface area contributed by atoms with Crippen molar-refractivity contribution in [3.63, 3.8) is 0 Å². The van der Waals surface area contributed by atoms with Crippen LogP contribution in [0.4, 0.5) is 0 Å². The number of rotatable bonds is 4. The van der Waals surface area contributed by atoms with E-state index >= 15 is 0 Å². The van der Waals surface area contributed by atoms with Crippen LogP contribution >= 0.6 is 11.8 Å². The highest BCUT2D eigenvalue weighted by Gasteiger charge is 2.27. The molecule has 1 aliphatic rings. The van der Waals surface area contributed by atoms with Gasteiger partial charge in [0.2, 0.25) is 5.91 Å². The Morgan fingerprint density at radius 1 is 1.48 bits per heavy atom. The van der Waals surface area contributed by atoms with Crippen LogP contribution in [-0.4, -0.2) is 52.3 Å². The van der Waals surface area contributed by atoms with Crippen molar-refractivity contribution in [3.05, 3.63) is 18.3 Å². The molecule has 3 heterocycles. The molecule has 0 unspecified atom stereocenters. The first kappa shape index (κ1) is 14.3. The topological polar surface area (TPSA) is 68.5 Å². The molecule has 112 valence electrons. The number of aromatic nitrogens is 2. The number of pyridine rings is 1. The number of oxazole rings is 1. The highest BCUT2D eigenvalue weighted by Crippen LogP contribution is 2.28. The van der Waals surface area contributed by atoms with E-state index in [1.165, 1.54) is 11.8 Å². The van der Waals surface area contributed by atoms with Crippen molar-refractivity contribution in [2.24, 2.45) is 0 Å². The van der Waals surface area contributed by atoms with Crippen LogP contribution in [0, 0.1) is 0 Å². The van der Waals surface area contributed by atoms with E-state index in [2.05, 4.69) is 9.97 Å². The van der Waals surface area contributed by atoms with E-state index in [0.717, 1.165) is 6.42 Å². The van der Waals surface area contributed by atoms with Gasteiger partial charge >= 0.3 is 0 Å². The van der Waals surface area contributed by atoms with Crippen LogP contribution in [-0.2, 0) is 9.53 Å². The number of ether oxygens (including phenoxy) is 1. The second kappa shape index (κ2) is 6.44. The van der Waals surface area contributed by atoms with E-state index in [4.69, 9.17) is 9.15 Å².